The smallest absolute Gasteiger partial charge is 0.497 e. The van der Waals surface area contributed by atoms with Gasteiger partial charge >= 0.3 is 6.36 Å². The van der Waals surface area contributed by atoms with Gasteiger partial charge in [0.25, 0.3) is 0 Å². The Morgan fingerprint density at radius 3 is 2.31 bits per heavy atom. The van der Waals surface area contributed by atoms with Gasteiger partial charge in [0, 0.05) is 23.5 Å². The van der Waals surface area contributed by atoms with Crippen molar-refractivity contribution < 1.29 is 22.6 Å². The first-order valence-electron chi connectivity index (χ1n) is 11.9. The van der Waals surface area contributed by atoms with Crippen LogP contribution >= 0.6 is 11.8 Å². The zero-order valence-electron chi connectivity index (χ0n) is 20.7. The molecule has 1 aliphatic heterocycles. The van der Waals surface area contributed by atoms with Crippen LogP contribution in [-0.4, -0.2) is 51.9 Å². The molecule has 0 saturated carbocycles. The van der Waals surface area contributed by atoms with E-state index in [-0.39, 0.29) is 5.75 Å². The van der Waals surface area contributed by atoms with Crippen LogP contribution in [0.15, 0.2) is 89.3 Å². The molecule has 2 heterocycles. The fourth-order valence-electron chi connectivity index (χ4n) is 3.83. The van der Waals surface area contributed by atoms with Gasteiger partial charge in [-0.3, -0.25) is 0 Å². The summed E-state index contributed by atoms with van der Waals surface area (Å²) in [6.07, 6.45) is -0.494. The summed E-state index contributed by atoms with van der Waals surface area (Å²) in [5.41, 5.74) is 3.23. The van der Waals surface area contributed by atoms with Crippen LogP contribution in [-0.2, 0) is 0 Å². The van der Waals surface area contributed by atoms with Crippen molar-refractivity contribution in [1.82, 2.24) is 14.8 Å². The minimum Gasteiger partial charge on any atom is -0.497 e. The SMILES string of the molecule is COc1ccc(N2CCCSC2=NN=Cc2ccc(-c3ncn(-c4ccc(OC(F)(F)F)cc4)n3)cc2)cc1. The van der Waals surface area contributed by atoms with Crippen LogP contribution in [0.25, 0.3) is 17.1 Å². The van der Waals surface area contributed by atoms with Crippen LogP contribution in [0, 0.1) is 0 Å². The first-order chi connectivity index (χ1) is 18.9. The van der Waals surface area contributed by atoms with Gasteiger partial charge in [0.05, 0.1) is 19.0 Å². The molecule has 1 aromatic heterocycles. The van der Waals surface area contributed by atoms with Crippen molar-refractivity contribution in [1.29, 1.82) is 0 Å². The zero-order chi connectivity index (χ0) is 27.2. The number of amidine groups is 1. The number of halogens is 3. The minimum atomic E-state index is -4.74. The fraction of sp³-hybridized carbons (Fsp3) is 0.185. The summed E-state index contributed by atoms with van der Waals surface area (Å²) < 4.78 is 47.7. The molecule has 0 N–H and O–H groups in total. The van der Waals surface area contributed by atoms with Gasteiger partial charge in [-0.15, -0.1) is 23.4 Å². The standard InChI is InChI=1S/C27H23F3N6O2S/c1-37-23-11-7-21(8-12-23)35-15-2-16-39-26(35)33-32-17-19-3-5-20(6-4-19)25-31-18-36(34-25)22-9-13-24(14-10-22)38-27(28,29)30/h3-14,17-18H,2,15-16H2,1H3. The molecular weight excluding hydrogens is 529 g/mol. The molecule has 1 saturated heterocycles. The third-order valence-corrected chi connectivity index (χ3v) is 6.77. The molecule has 0 aliphatic carbocycles. The number of ether oxygens (including phenoxy) is 2. The van der Waals surface area contributed by atoms with Crippen LogP contribution in [0.2, 0.25) is 0 Å². The molecule has 0 bridgehead atoms. The highest BCUT2D eigenvalue weighted by Crippen LogP contribution is 2.27. The van der Waals surface area contributed by atoms with Crippen molar-refractivity contribution in [3.8, 4) is 28.6 Å². The highest BCUT2D eigenvalue weighted by Gasteiger charge is 2.31. The van der Waals surface area contributed by atoms with Gasteiger partial charge in [-0.2, -0.15) is 5.10 Å². The number of aromatic nitrogens is 3. The van der Waals surface area contributed by atoms with Crippen molar-refractivity contribution in [3.05, 3.63) is 84.7 Å². The third-order valence-electron chi connectivity index (χ3n) is 5.72. The maximum absolute atomic E-state index is 12.4. The first kappa shape index (κ1) is 26.3. The summed E-state index contributed by atoms with van der Waals surface area (Å²) in [4.78, 5) is 6.46. The minimum absolute atomic E-state index is 0.301. The van der Waals surface area contributed by atoms with Crippen molar-refractivity contribution in [3.63, 3.8) is 0 Å². The molecular formula is C27H23F3N6O2S. The monoisotopic (exact) mass is 552 g/mol. The van der Waals surface area contributed by atoms with E-state index in [1.54, 1.807) is 25.1 Å². The molecule has 0 unspecified atom stereocenters. The van der Waals surface area contributed by atoms with E-state index < -0.39 is 6.36 Å². The second kappa shape index (κ2) is 11.6. The number of alkyl halides is 3. The van der Waals surface area contributed by atoms with Crippen LogP contribution in [0.4, 0.5) is 18.9 Å². The highest BCUT2D eigenvalue weighted by molar-refractivity contribution is 8.14. The Hall–Kier alpha value is -4.32. The topological polar surface area (TPSA) is 77.1 Å². The van der Waals surface area contributed by atoms with E-state index in [4.69, 9.17) is 4.74 Å². The number of anilines is 1. The Bertz CT molecular complexity index is 1450. The first-order valence-corrected chi connectivity index (χ1v) is 12.9. The molecule has 3 aromatic carbocycles. The number of benzene rings is 3. The predicted octanol–water partition coefficient (Wildman–Crippen LogP) is 6.17. The molecule has 4 aromatic rings. The fourth-order valence-corrected chi connectivity index (χ4v) is 4.74. The molecule has 39 heavy (non-hydrogen) atoms. The Morgan fingerprint density at radius 2 is 1.62 bits per heavy atom. The molecule has 8 nitrogen and oxygen atoms in total. The van der Waals surface area contributed by atoms with Crippen LogP contribution < -0.4 is 14.4 Å². The van der Waals surface area contributed by atoms with Gasteiger partial charge in [0.2, 0.25) is 0 Å². The lowest BCUT2D eigenvalue weighted by atomic mass is 10.1. The van der Waals surface area contributed by atoms with Gasteiger partial charge in [0.1, 0.15) is 17.8 Å². The van der Waals surface area contributed by atoms with Crippen molar-refractivity contribution >= 4 is 28.8 Å². The Kier molecular flexibility index (Phi) is 7.82. The second-order valence-corrected chi connectivity index (χ2v) is 9.42. The maximum atomic E-state index is 12.4. The summed E-state index contributed by atoms with van der Waals surface area (Å²) in [6.45, 7) is 0.869. The van der Waals surface area contributed by atoms with E-state index in [0.29, 0.717) is 11.5 Å². The van der Waals surface area contributed by atoms with E-state index in [1.165, 1.54) is 35.3 Å². The van der Waals surface area contributed by atoms with Crippen LogP contribution in [0.1, 0.15) is 12.0 Å². The van der Waals surface area contributed by atoms with E-state index in [2.05, 4.69) is 29.9 Å². The number of thioether (sulfide) groups is 1. The van der Waals surface area contributed by atoms with Gasteiger partial charge in [0.15, 0.2) is 11.0 Å². The summed E-state index contributed by atoms with van der Waals surface area (Å²) >= 11 is 1.67. The molecule has 200 valence electrons. The predicted molar refractivity (Wildman–Crippen MR) is 146 cm³/mol. The third kappa shape index (κ3) is 6.77. The van der Waals surface area contributed by atoms with Crippen molar-refractivity contribution in [2.75, 3.05) is 24.3 Å². The van der Waals surface area contributed by atoms with Crippen molar-refractivity contribution in [2.45, 2.75) is 12.8 Å². The normalized spacial score (nSPS) is 15.2. The Labute approximate surface area is 226 Å². The van der Waals surface area contributed by atoms with Crippen LogP contribution in [0.3, 0.4) is 0 Å². The van der Waals surface area contributed by atoms with Gasteiger partial charge in [-0.05, 0) is 60.5 Å². The summed E-state index contributed by atoms with van der Waals surface area (Å²) in [5.74, 6) is 1.97. The van der Waals surface area contributed by atoms with Gasteiger partial charge < -0.3 is 14.4 Å². The van der Waals surface area contributed by atoms with Gasteiger partial charge in [-0.1, -0.05) is 36.0 Å². The Balaban J connectivity index is 1.24. The quantitative estimate of drug-likeness (QED) is 0.202. The lowest BCUT2D eigenvalue weighted by molar-refractivity contribution is -0.274. The van der Waals surface area contributed by atoms with E-state index >= 15 is 0 Å². The molecule has 1 fully saturated rings. The van der Waals surface area contributed by atoms with E-state index in [9.17, 15) is 13.2 Å². The molecule has 0 radical (unpaired) electrons. The molecule has 12 heteroatoms. The zero-order valence-corrected chi connectivity index (χ0v) is 21.6. The summed E-state index contributed by atoms with van der Waals surface area (Å²) in [7, 11) is 1.64. The average Bonchev–Trinajstić information content (AvgIpc) is 3.44. The summed E-state index contributed by atoms with van der Waals surface area (Å²) in [5, 5.41) is 14.0. The number of hydrogen-bond acceptors (Lipinski definition) is 7. The van der Waals surface area contributed by atoms with Crippen molar-refractivity contribution in [2.24, 2.45) is 10.2 Å². The number of nitrogens with zero attached hydrogens (tertiary/aromatic N) is 6. The van der Waals surface area contributed by atoms with Gasteiger partial charge in [-0.25, -0.2) is 9.67 Å². The lowest BCUT2D eigenvalue weighted by Gasteiger charge is -2.28. The number of methoxy groups -OCH3 is 1. The largest absolute Gasteiger partial charge is 0.573 e. The van der Waals surface area contributed by atoms with E-state index in [1.807, 2.05) is 48.5 Å². The molecule has 0 atom stereocenters. The molecule has 1 aliphatic rings. The number of hydrogen-bond donors (Lipinski definition) is 0. The second-order valence-electron chi connectivity index (χ2n) is 8.36. The molecule has 5 rings (SSSR count). The van der Waals surface area contributed by atoms with Crippen LogP contribution in [0.5, 0.6) is 11.5 Å². The Morgan fingerprint density at radius 1 is 0.923 bits per heavy atom. The number of rotatable bonds is 7. The molecule has 0 spiro atoms. The highest BCUT2D eigenvalue weighted by atomic mass is 32.2. The summed E-state index contributed by atoms with van der Waals surface area (Å²) in [6, 6.07) is 20.8. The maximum Gasteiger partial charge on any atom is 0.573 e. The lowest BCUT2D eigenvalue weighted by Crippen LogP contribution is -2.33. The molecule has 0 amide bonds. The van der Waals surface area contributed by atoms with E-state index in [0.717, 1.165) is 46.4 Å². The average molecular weight is 553 g/mol.